The summed E-state index contributed by atoms with van der Waals surface area (Å²) in [5, 5.41) is 2.45. The van der Waals surface area contributed by atoms with E-state index in [4.69, 9.17) is 4.42 Å². The summed E-state index contributed by atoms with van der Waals surface area (Å²) in [6, 6.07) is 2.65. The van der Waals surface area contributed by atoms with Crippen molar-refractivity contribution in [1.82, 2.24) is 4.90 Å². The van der Waals surface area contributed by atoms with E-state index >= 15 is 0 Å². The number of nitrogens with zero attached hydrogens (tertiary/aromatic N) is 1. The largest absolute Gasteiger partial charge is 0.435 e. The average molecular weight is 314 g/mol. The van der Waals surface area contributed by atoms with Crippen LogP contribution in [0.4, 0.5) is 5.88 Å². The molecule has 1 atom stereocenters. The maximum Gasteiger partial charge on any atom is 0.289 e. The fourth-order valence-corrected chi connectivity index (χ4v) is 4.15. The molecule has 21 heavy (non-hydrogen) atoms. The highest BCUT2D eigenvalue weighted by atomic mass is 32.2. The van der Waals surface area contributed by atoms with Gasteiger partial charge in [0.2, 0.25) is 5.91 Å². The van der Waals surface area contributed by atoms with E-state index in [2.05, 4.69) is 5.32 Å². The fourth-order valence-electron chi connectivity index (χ4n) is 2.42. The van der Waals surface area contributed by atoms with E-state index in [0.29, 0.717) is 13.0 Å². The summed E-state index contributed by atoms with van der Waals surface area (Å²) in [6.07, 6.45) is 0.446. The zero-order valence-corrected chi connectivity index (χ0v) is 12.8. The Morgan fingerprint density at radius 3 is 2.67 bits per heavy atom. The van der Waals surface area contributed by atoms with Gasteiger partial charge in [0.1, 0.15) is 0 Å². The van der Waals surface area contributed by atoms with Gasteiger partial charge in [-0.15, -0.1) is 0 Å². The Morgan fingerprint density at radius 2 is 2.14 bits per heavy atom. The standard InChI is InChI=1S/C13H18N2O5S/c1-3-15(10-6-7-21(18,19)8-10)13(17)11-4-5-12(20-11)14-9(2)16/h4-5,10H,3,6-8H2,1-2H3,(H,14,16). The smallest absolute Gasteiger partial charge is 0.289 e. The van der Waals surface area contributed by atoms with Crippen molar-refractivity contribution in [1.29, 1.82) is 0 Å². The second kappa shape index (κ2) is 5.88. The molecule has 1 aliphatic rings. The van der Waals surface area contributed by atoms with Gasteiger partial charge in [0.25, 0.3) is 5.91 Å². The van der Waals surface area contributed by atoms with Crippen LogP contribution in [0.25, 0.3) is 0 Å². The van der Waals surface area contributed by atoms with Crippen LogP contribution in [0.5, 0.6) is 0 Å². The molecule has 0 radical (unpaired) electrons. The fraction of sp³-hybridized carbons (Fsp3) is 0.538. The lowest BCUT2D eigenvalue weighted by atomic mass is 10.2. The molecule has 0 spiro atoms. The molecule has 116 valence electrons. The van der Waals surface area contributed by atoms with E-state index in [-0.39, 0.29) is 41.0 Å². The summed E-state index contributed by atoms with van der Waals surface area (Å²) in [5.74, 6) is -0.276. The molecule has 2 amide bonds. The first-order valence-electron chi connectivity index (χ1n) is 6.71. The predicted octanol–water partition coefficient (Wildman–Crippen LogP) is 0.887. The van der Waals surface area contributed by atoms with E-state index in [1.807, 2.05) is 0 Å². The lowest BCUT2D eigenvalue weighted by molar-refractivity contribution is -0.114. The van der Waals surface area contributed by atoms with Crippen molar-refractivity contribution in [2.45, 2.75) is 26.3 Å². The van der Waals surface area contributed by atoms with Crippen LogP contribution in [0.3, 0.4) is 0 Å². The Hall–Kier alpha value is -1.83. The molecular formula is C13H18N2O5S. The first-order chi connectivity index (χ1) is 9.82. The molecule has 2 heterocycles. The minimum absolute atomic E-state index is 0.00809. The number of rotatable bonds is 4. The van der Waals surface area contributed by atoms with Crippen molar-refractivity contribution in [2.24, 2.45) is 0 Å². The quantitative estimate of drug-likeness (QED) is 0.890. The molecule has 1 aromatic rings. The van der Waals surface area contributed by atoms with Gasteiger partial charge in [0, 0.05) is 25.6 Å². The predicted molar refractivity (Wildman–Crippen MR) is 76.8 cm³/mol. The minimum atomic E-state index is -3.06. The van der Waals surface area contributed by atoms with Gasteiger partial charge in [-0.1, -0.05) is 0 Å². The van der Waals surface area contributed by atoms with Gasteiger partial charge in [-0.3, -0.25) is 14.9 Å². The Balaban J connectivity index is 2.13. The number of carbonyl (C=O) groups excluding carboxylic acids is 2. The second-order valence-corrected chi connectivity index (χ2v) is 7.22. The normalized spacial score (nSPS) is 20.2. The number of hydrogen-bond donors (Lipinski definition) is 1. The monoisotopic (exact) mass is 314 g/mol. The second-order valence-electron chi connectivity index (χ2n) is 4.99. The van der Waals surface area contributed by atoms with Gasteiger partial charge in [0.05, 0.1) is 11.5 Å². The van der Waals surface area contributed by atoms with Crippen molar-refractivity contribution in [2.75, 3.05) is 23.4 Å². The molecule has 1 fully saturated rings. The number of sulfone groups is 1. The topological polar surface area (TPSA) is 96.7 Å². The Morgan fingerprint density at radius 1 is 1.43 bits per heavy atom. The van der Waals surface area contributed by atoms with Gasteiger partial charge in [-0.2, -0.15) is 0 Å². The molecule has 1 N–H and O–H groups in total. The van der Waals surface area contributed by atoms with Crippen LogP contribution in [0.2, 0.25) is 0 Å². The molecule has 2 rings (SSSR count). The molecule has 1 aromatic heterocycles. The van der Waals surface area contributed by atoms with Crippen molar-refractivity contribution >= 4 is 27.5 Å². The van der Waals surface area contributed by atoms with Gasteiger partial charge in [0.15, 0.2) is 21.5 Å². The summed E-state index contributed by atoms with van der Waals surface area (Å²) >= 11 is 0. The Kier molecular flexibility index (Phi) is 4.36. The van der Waals surface area contributed by atoms with Crippen molar-refractivity contribution in [3.05, 3.63) is 17.9 Å². The van der Waals surface area contributed by atoms with Crippen LogP contribution in [0.15, 0.2) is 16.5 Å². The summed E-state index contributed by atoms with van der Waals surface area (Å²) in [6.45, 7) is 3.53. The van der Waals surface area contributed by atoms with Crippen LogP contribution in [0.1, 0.15) is 30.8 Å². The molecule has 1 aliphatic heterocycles. The lowest BCUT2D eigenvalue weighted by Crippen LogP contribution is -2.40. The van der Waals surface area contributed by atoms with Gasteiger partial charge in [-0.25, -0.2) is 8.42 Å². The van der Waals surface area contributed by atoms with E-state index in [0.717, 1.165) is 0 Å². The number of anilines is 1. The molecule has 1 unspecified atom stereocenters. The first-order valence-corrected chi connectivity index (χ1v) is 8.53. The highest BCUT2D eigenvalue weighted by Gasteiger charge is 2.35. The molecule has 0 bridgehead atoms. The summed E-state index contributed by atoms with van der Waals surface area (Å²) in [7, 11) is -3.06. The van der Waals surface area contributed by atoms with Crippen LogP contribution in [-0.2, 0) is 14.6 Å². The summed E-state index contributed by atoms with van der Waals surface area (Å²) < 4.78 is 28.4. The van der Waals surface area contributed by atoms with Crippen molar-refractivity contribution < 1.29 is 22.4 Å². The number of carbonyl (C=O) groups is 2. The Labute approximate surface area is 123 Å². The van der Waals surface area contributed by atoms with E-state index in [1.165, 1.54) is 24.0 Å². The summed E-state index contributed by atoms with van der Waals surface area (Å²) in [4.78, 5) is 24.8. The maximum absolute atomic E-state index is 12.4. The SMILES string of the molecule is CCN(C(=O)c1ccc(NC(C)=O)o1)C1CCS(=O)(=O)C1. The number of hydrogen-bond acceptors (Lipinski definition) is 5. The van der Waals surface area contributed by atoms with Crippen LogP contribution >= 0.6 is 0 Å². The van der Waals surface area contributed by atoms with Crippen molar-refractivity contribution in [3.8, 4) is 0 Å². The third-order valence-electron chi connectivity index (χ3n) is 3.37. The third kappa shape index (κ3) is 3.63. The van der Waals surface area contributed by atoms with Crippen LogP contribution < -0.4 is 5.32 Å². The first kappa shape index (κ1) is 15.6. The molecule has 8 heteroatoms. The van der Waals surface area contributed by atoms with E-state index < -0.39 is 9.84 Å². The molecule has 0 saturated carbocycles. The number of nitrogens with one attached hydrogen (secondary N) is 1. The third-order valence-corrected chi connectivity index (χ3v) is 5.12. The molecule has 1 saturated heterocycles. The van der Waals surface area contributed by atoms with Gasteiger partial charge < -0.3 is 9.32 Å². The van der Waals surface area contributed by atoms with Gasteiger partial charge >= 0.3 is 0 Å². The molecule has 0 aliphatic carbocycles. The van der Waals surface area contributed by atoms with E-state index in [1.54, 1.807) is 6.92 Å². The highest BCUT2D eigenvalue weighted by molar-refractivity contribution is 7.91. The summed E-state index contributed by atoms with van der Waals surface area (Å²) in [5.41, 5.74) is 0. The van der Waals surface area contributed by atoms with Crippen molar-refractivity contribution in [3.63, 3.8) is 0 Å². The molecular weight excluding hydrogens is 296 g/mol. The average Bonchev–Trinajstić information content (AvgIpc) is 2.96. The minimum Gasteiger partial charge on any atom is -0.435 e. The van der Waals surface area contributed by atoms with E-state index in [9.17, 15) is 18.0 Å². The zero-order valence-electron chi connectivity index (χ0n) is 12.0. The van der Waals surface area contributed by atoms with Crippen LogP contribution in [-0.4, -0.2) is 49.2 Å². The zero-order chi connectivity index (χ0) is 15.6. The Bertz CT molecular complexity index is 649. The van der Waals surface area contributed by atoms with Gasteiger partial charge in [-0.05, 0) is 19.4 Å². The maximum atomic E-state index is 12.4. The number of furan rings is 1. The number of amides is 2. The highest BCUT2D eigenvalue weighted by Crippen LogP contribution is 2.21. The molecule has 7 nitrogen and oxygen atoms in total. The molecule has 0 aromatic carbocycles. The van der Waals surface area contributed by atoms with Crippen LogP contribution in [0, 0.1) is 0 Å². The lowest BCUT2D eigenvalue weighted by Gasteiger charge is -2.25.